The first-order valence-corrected chi connectivity index (χ1v) is 11.3. The van der Waals surface area contributed by atoms with Gasteiger partial charge in [0.1, 0.15) is 10.9 Å². The van der Waals surface area contributed by atoms with Gasteiger partial charge >= 0.3 is 0 Å². The molecule has 31 heavy (non-hydrogen) atoms. The molecule has 0 aliphatic carbocycles. The lowest BCUT2D eigenvalue weighted by atomic mass is 10.0. The van der Waals surface area contributed by atoms with Gasteiger partial charge < -0.3 is 4.90 Å². The first-order chi connectivity index (χ1) is 14.8. The molecule has 0 radical (unpaired) electrons. The normalized spacial score (nSPS) is 15.8. The Morgan fingerprint density at radius 3 is 2.29 bits per heavy atom. The topological polar surface area (TPSA) is 40.6 Å². The van der Waals surface area contributed by atoms with Crippen molar-refractivity contribution in [1.82, 2.24) is 9.80 Å². The second kappa shape index (κ2) is 10.1. The highest BCUT2D eigenvalue weighted by atomic mass is 32.2. The molecule has 6 heteroatoms. The van der Waals surface area contributed by atoms with Gasteiger partial charge in [0, 0.05) is 12.1 Å². The van der Waals surface area contributed by atoms with Crippen molar-refractivity contribution >= 4 is 46.2 Å². The zero-order chi connectivity index (χ0) is 22.4. The fraction of sp³-hybridized carbons (Fsp3) is 0.240. The van der Waals surface area contributed by atoms with Crippen molar-refractivity contribution in [3.8, 4) is 0 Å². The van der Waals surface area contributed by atoms with E-state index < -0.39 is 0 Å². The van der Waals surface area contributed by atoms with Crippen LogP contribution in [0.15, 0.2) is 77.7 Å². The molecular weight excluding hydrogens is 424 g/mol. The number of thiocarbonyl (C=S) groups is 1. The van der Waals surface area contributed by atoms with Crippen molar-refractivity contribution in [2.24, 2.45) is 0 Å². The lowest BCUT2D eigenvalue weighted by molar-refractivity contribution is -0.140. The molecule has 1 aliphatic heterocycles. The number of carbonyl (C=O) groups is 2. The molecule has 160 valence electrons. The highest BCUT2D eigenvalue weighted by Crippen LogP contribution is 2.31. The van der Waals surface area contributed by atoms with Gasteiger partial charge in [0.25, 0.3) is 5.91 Å². The Morgan fingerprint density at radius 1 is 1.06 bits per heavy atom. The van der Waals surface area contributed by atoms with Crippen molar-refractivity contribution < 1.29 is 9.59 Å². The summed E-state index contributed by atoms with van der Waals surface area (Å²) in [7, 11) is 0. The molecule has 0 N–H and O–H groups in total. The van der Waals surface area contributed by atoms with Crippen molar-refractivity contribution in [2.45, 2.75) is 32.9 Å². The van der Waals surface area contributed by atoms with Gasteiger partial charge in [0.05, 0.1) is 4.91 Å². The number of hydrogen-bond donors (Lipinski definition) is 0. The van der Waals surface area contributed by atoms with Crippen molar-refractivity contribution in [3.63, 3.8) is 0 Å². The van der Waals surface area contributed by atoms with E-state index in [4.69, 9.17) is 12.2 Å². The molecule has 0 aromatic heterocycles. The summed E-state index contributed by atoms with van der Waals surface area (Å²) < 4.78 is 0.409. The molecule has 3 rings (SSSR count). The third-order valence-corrected chi connectivity index (χ3v) is 6.19. The van der Waals surface area contributed by atoms with Crippen LogP contribution in [-0.2, 0) is 16.1 Å². The molecular formula is C25H26N2O2S2. The van der Waals surface area contributed by atoms with Crippen LogP contribution in [0.3, 0.4) is 0 Å². The SMILES string of the molecule is CC(C)(C)N(Cc1ccccc1)C(=O)CN1C(=O)/C(=C/C=C/c2ccccc2)SC1=S. The summed E-state index contributed by atoms with van der Waals surface area (Å²) in [5.74, 6) is -0.358. The van der Waals surface area contributed by atoms with E-state index in [0.29, 0.717) is 15.8 Å². The number of thioether (sulfide) groups is 1. The Balaban J connectivity index is 1.70. The molecule has 4 nitrogen and oxygen atoms in total. The molecule has 0 bridgehead atoms. The molecule has 2 amide bonds. The van der Waals surface area contributed by atoms with Gasteiger partial charge in [-0.05, 0) is 38.0 Å². The minimum absolute atomic E-state index is 0.0610. The number of rotatable bonds is 6. The maximum absolute atomic E-state index is 13.2. The van der Waals surface area contributed by atoms with Crippen LogP contribution in [-0.4, -0.2) is 38.0 Å². The van der Waals surface area contributed by atoms with Crippen LogP contribution in [0.25, 0.3) is 6.08 Å². The summed E-state index contributed by atoms with van der Waals surface area (Å²) in [6.07, 6.45) is 5.52. The minimum atomic E-state index is -0.387. The summed E-state index contributed by atoms with van der Waals surface area (Å²) in [5, 5.41) is 0. The Bertz CT molecular complexity index is 1010. The molecule has 0 unspecified atom stereocenters. The summed E-state index contributed by atoms with van der Waals surface area (Å²) in [4.78, 5) is 29.8. The molecule has 0 atom stereocenters. The number of hydrogen-bond acceptors (Lipinski definition) is 4. The Kier molecular flexibility index (Phi) is 7.46. The fourth-order valence-electron chi connectivity index (χ4n) is 3.15. The van der Waals surface area contributed by atoms with E-state index in [2.05, 4.69) is 0 Å². The first-order valence-electron chi connectivity index (χ1n) is 10.1. The molecule has 2 aromatic rings. The van der Waals surface area contributed by atoms with Gasteiger partial charge in [-0.3, -0.25) is 14.5 Å². The Hall–Kier alpha value is -2.70. The van der Waals surface area contributed by atoms with Crippen molar-refractivity contribution in [3.05, 3.63) is 88.8 Å². The molecule has 1 saturated heterocycles. The smallest absolute Gasteiger partial charge is 0.266 e. The molecule has 0 saturated carbocycles. The second-order valence-electron chi connectivity index (χ2n) is 8.20. The van der Waals surface area contributed by atoms with E-state index in [9.17, 15) is 9.59 Å². The van der Waals surface area contributed by atoms with E-state index >= 15 is 0 Å². The summed E-state index contributed by atoms with van der Waals surface area (Å²) in [6, 6.07) is 19.7. The molecule has 1 aliphatic rings. The van der Waals surface area contributed by atoms with Gasteiger partial charge in [0.15, 0.2) is 0 Å². The minimum Gasteiger partial charge on any atom is -0.332 e. The van der Waals surface area contributed by atoms with E-state index in [1.165, 1.54) is 16.7 Å². The quantitative estimate of drug-likeness (QED) is 0.444. The van der Waals surface area contributed by atoms with Gasteiger partial charge in [-0.25, -0.2) is 0 Å². The van der Waals surface area contributed by atoms with Crippen LogP contribution in [0, 0.1) is 0 Å². The average molecular weight is 451 g/mol. The predicted octanol–water partition coefficient (Wildman–Crippen LogP) is 5.27. The summed E-state index contributed by atoms with van der Waals surface area (Å²) in [5.41, 5.74) is 1.70. The van der Waals surface area contributed by atoms with Gasteiger partial charge in [0.2, 0.25) is 5.91 Å². The average Bonchev–Trinajstić information content (AvgIpc) is 3.00. The Labute approximate surface area is 193 Å². The Morgan fingerprint density at radius 2 is 1.68 bits per heavy atom. The van der Waals surface area contributed by atoms with Gasteiger partial charge in [-0.15, -0.1) is 0 Å². The molecule has 1 heterocycles. The highest BCUT2D eigenvalue weighted by Gasteiger charge is 2.36. The third-order valence-electron chi connectivity index (χ3n) is 4.80. The van der Waals surface area contributed by atoms with Crippen LogP contribution < -0.4 is 0 Å². The van der Waals surface area contributed by atoms with E-state index in [0.717, 1.165) is 11.1 Å². The number of allylic oxidation sites excluding steroid dienone is 2. The zero-order valence-electron chi connectivity index (χ0n) is 17.9. The van der Waals surface area contributed by atoms with Crippen LogP contribution in [0.4, 0.5) is 0 Å². The summed E-state index contributed by atoms with van der Waals surface area (Å²) >= 11 is 6.63. The number of nitrogens with zero attached hydrogens (tertiary/aromatic N) is 2. The predicted molar refractivity (Wildman–Crippen MR) is 132 cm³/mol. The number of benzene rings is 2. The fourth-order valence-corrected chi connectivity index (χ4v) is 4.35. The van der Waals surface area contributed by atoms with Crippen molar-refractivity contribution in [2.75, 3.05) is 6.54 Å². The molecule has 1 fully saturated rings. The van der Waals surface area contributed by atoms with Crippen LogP contribution in [0.1, 0.15) is 31.9 Å². The molecule has 0 spiro atoms. The van der Waals surface area contributed by atoms with E-state index in [1.54, 1.807) is 11.0 Å². The zero-order valence-corrected chi connectivity index (χ0v) is 19.6. The first kappa shape index (κ1) is 23.0. The highest BCUT2D eigenvalue weighted by molar-refractivity contribution is 8.26. The maximum atomic E-state index is 13.2. The van der Waals surface area contributed by atoms with Gasteiger partial charge in [-0.2, -0.15) is 0 Å². The van der Waals surface area contributed by atoms with Crippen LogP contribution >= 0.6 is 24.0 Å². The lowest BCUT2D eigenvalue weighted by Crippen LogP contribution is -2.49. The molecule has 2 aromatic carbocycles. The number of amides is 2. The standard InChI is InChI=1S/C25H26N2O2S2/c1-25(2,3)27(17-20-13-8-5-9-14-20)22(28)18-26-23(29)21(31-24(26)30)16-10-15-19-11-6-4-7-12-19/h4-16H,17-18H2,1-3H3/b15-10+,21-16-. The van der Waals surface area contributed by atoms with Crippen LogP contribution in [0.2, 0.25) is 0 Å². The third kappa shape index (κ3) is 6.15. The number of carbonyl (C=O) groups excluding carboxylic acids is 2. The largest absolute Gasteiger partial charge is 0.332 e. The lowest BCUT2D eigenvalue weighted by Gasteiger charge is -2.36. The second-order valence-corrected chi connectivity index (χ2v) is 9.87. The van der Waals surface area contributed by atoms with Gasteiger partial charge in [-0.1, -0.05) is 96.8 Å². The van der Waals surface area contributed by atoms with Crippen LogP contribution in [0.5, 0.6) is 0 Å². The van der Waals surface area contributed by atoms with Crippen molar-refractivity contribution in [1.29, 1.82) is 0 Å². The maximum Gasteiger partial charge on any atom is 0.266 e. The van der Waals surface area contributed by atoms with E-state index in [1.807, 2.05) is 93.6 Å². The monoisotopic (exact) mass is 450 g/mol. The van der Waals surface area contributed by atoms with E-state index in [-0.39, 0.29) is 23.9 Å². The summed E-state index contributed by atoms with van der Waals surface area (Å²) in [6.45, 7) is 6.40.